The molecule has 1 aromatic heterocycles. The van der Waals surface area contributed by atoms with Crippen molar-refractivity contribution in [1.82, 2.24) is 0 Å². The summed E-state index contributed by atoms with van der Waals surface area (Å²) in [7, 11) is 0. The predicted molar refractivity (Wildman–Crippen MR) is 130 cm³/mol. The number of aromatic hydroxyl groups is 3. The molecule has 0 bridgehead atoms. The van der Waals surface area contributed by atoms with Crippen molar-refractivity contribution in [2.75, 3.05) is 6.61 Å². The third-order valence-corrected chi connectivity index (χ3v) is 6.12. The van der Waals surface area contributed by atoms with Crippen molar-refractivity contribution in [3.63, 3.8) is 0 Å². The van der Waals surface area contributed by atoms with Gasteiger partial charge in [0.15, 0.2) is 5.76 Å². The SMILES string of the molecule is CC(C)=CCc1c(O[C@@H]2O[C@H](CO)[C@@H](O)[C@H](O)[C@H]2O)cc(O)c2c(=O)c(O)c(-c3ccc(O)cc3)oc12. The van der Waals surface area contributed by atoms with E-state index in [0.29, 0.717) is 0 Å². The number of ether oxygens (including phenoxy) is 2. The van der Waals surface area contributed by atoms with Gasteiger partial charge in [-0.15, -0.1) is 0 Å². The van der Waals surface area contributed by atoms with Crippen molar-refractivity contribution in [3.05, 3.63) is 57.8 Å². The molecule has 1 aliphatic heterocycles. The minimum atomic E-state index is -1.72. The first-order valence-corrected chi connectivity index (χ1v) is 11.5. The standard InChI is InChI=1S/C26H28O11/c1-11(2)3-8-14-16(35-26-23(34)21(32)19(30)17(10-27)36-26)9-15(29)18-20(31)22(33)24(37-25(14)18)12-4-6-13(28)7-5-12/h3-7,9,17,19,21,23,26-30,32-34H,8,10H2,1-2H3/t17-,19-,21+,23-,26-/m1/s1. The molecule has 1 saturated heterocycles. The van der Waals surface area contributed by atoms with E-state index in [1.165, 1.54) is 24.3 Å². The van der Waals surface area contributed by atoms with Gasteiger partial charge in [-0.3, -0.25) is 4.79 Å². The highest BCUT2D eigenvalue weighted by molar-refractivity contribution is 5.91. The second kappa shape index (κ2) is 10.4. The molecular weight excluding hydrogens is 488 g/mol. The summed E-state index contributed by atoms with van der Waals surface area (Å²) in [5, 5.41) is 70.7. The summed E-state index contributed by atoms with van der Waals surface area (Å²) < 4.78 is 17.2. The largest absolute Gasteiger partial charge is 0.508 e. The van der Waals surface area contributed by atoms with Gasteiger partial charge in [-0.2, -0.15) is 0 Å². The molecule has 0 unspecified atom stereocenters. The summed E-state index contributed by atoms with van der Waals surface area (Å²) in [6.45, 7) is 3.01. The van der Waals surface area contributed by atoms with E-state index in [2.05, 4.69) is 0 Å². The number of allylic oxidation sites excluding steroid dienone is 2. The normalized spacial score (nSPS) is 23.7. The molecule has 37 heavy (non-hydrogen) atoms. The first kappa shape index (κ1) is 26.5. The maximum atomic E-state index is 13.1. The first-order valence-electron chi connectivity index (χ1n) is 11.5. The Hall–Kier alpha value is -3.61. The minimum absolute atomic E-state index is 0.0384. The maximum absolute atomic E-state index is 13.1. The Kier molecular flexibility index (Phi) is 7.44. The van der Waals surface area contributed by atoms with E-state index < -0.39 is 54.2 Å². The molecule has 11 heteroatoms. The summed E-state index contributed by atoms with van der Waals surface area (Å²) in [5.41, 5.74) is 0.424. The summed E-state index contributed by atoms with van der Waals surface area (Å²) >= 11 is 0. The second-order valence-electron chi connectivity index (χ2n) is 9.03. The van der Waals surface area contributed by atoms with Crippen molar-refractivity contribution < 1.29 is 49.6 Å². The van der Waals surface area contributed by atoms with Gasteiger partial charge in [0, 0.05) is 17.2 Å². The number of phenolic OH excluding ortho intramolecular Hbond substituents is 2. The van der Waals surface area contributed by atoms with E-state index in [1.54, 1.807) is 6.08 Å². The van der Waals surface area contributed by atoms with Gasteiger partial charge in [-0.05, 0) is 44.5 Å². The molecule has 0 aliphatic carbocycles. The summed E-state index contributed by atoms with van der Waals surface area (Å²) in [4.78, 5) is 13.1. The lowest BCUT2D eigenvalue weighted by atomic mass is 9.99. The Morgan fingerprint density at radius 2 is 1.70 bits per heavy atom. The fraction of sp³-hybridized carbons (Fsp3) is 0.346. The molecule has 2 aromatic carbocycles. The lowest BCUT2D eigenvalue weighted by molar-refractivity contribution is -0.277. The molecule has 3 aromatic rings. The van der Waals surface area contributed by atoms with Crippen molar-refractivity contribution in [2.45, 2.75) is 51.0 Å². The Morgan fingerprint density at radius 1 is 1.03 bits per heavy atom. The average Bonchev–Trinajstić information content (AvgIpc) is 2.86. The van der Waals surface area contributed by atoms with Crippen molar-refractivity contribution >= 4 is 11.0 Å². The van der Waals surface area contributed by atoms with Crippen LogP contribution in [0, 0.1) is 0 Å². The number of aliphatic hydroxyl groups excluding tert-OH is 4. The van der Waals surface area contributed by atoms with Crippen LogP contribution < -0.4 is 10.2 Å². The van der Waals surface area contributed by atoms with Crippen LogP contribution in [0.3, 0.4) is 0 Å². The molecule has 7 N–H and O–H groups in total. The number of rotatable bonds is 6. The smallest absolute Gasteiger partial charge is 0.238 e. The van der Waals surface area contributed by atoms with Gasteiger partial charge in [-0.25, -0.2) is 0 Å². The molecule has 0 saturated carbocycles. The number of aliphatic hydroxyl groups is 4. The zero-order valence-electron chi connectivity index (χ0n) is 20.0. The van der Waals surface area contributed by atoms with E-state index >= 15 is 0 Å². The number of fused-ring (bicyclic) bond motifs is 1. The quantitative estimate of drug-likeness (QED) is 0.234. The van der Waals surface area contributed by atoms with Crippen LogP contribution in [0.5, 0.6) is 23.0 Å². The number of hydrogen-bond acceptors (Lipinski definition) is 11. The summed E-state index contributed by atoms with van der Waals surface area (Å²) in [5.74, 6) is -1.65. The molecule has 5 atom stereocenters. The van der Waals surface area contributed by atoms with Crippen LogP contribution >= 0.6 is 0 Å². The molecule has 0 amide bonds. The van der Waals surface area contributed by atoms with Gasteiger partial charge in [0.05, 0.1) is 6.61 Å². The Labute approximate surface area is 210 Å². The van der Waals surface area contributed by atoms with Crippen LogP contribution in [-0.2, 0) is 11.2 Å². The van der Waals surface area contributed by atoms with Crippen LogP contribution in [-0.4, -0.2) is 73.1 Å². The molecule has 0 radical (unpaired) electrons. The van der Waals surface area contributed by atoms with E-state index in [4.69, 9.17) is 13.9 Å². The minimum Gasteiger partial charge on any atom is -0.508 e. The Bertz CT molecular complexity index is 1370. The zero-order valence-corrected chi connectivity index (χ0v) is 20.0. The van der Waals surface area contributed by atoms with Crippen LogP contribution in [0.4, 0.5) is 0 Å². The third-order valence-electron chi connectivity index (χ3n) is 6.12. The Morgan fingerprint density at radius 3 is 2.32 bits per heavy atom. The lowest BCUT2D eigenvalue weighted by Crippen LogP contribution is -2.60. The monoisotopic (exact) mass is 516 g/mol. The number of benzene rings is 2. The van der Waals surface area contributed by atoms with Gasteiger partial charge >= 0.3 is 0 Å². The van der Waals surface area contributed by atoms with Crippen LogP contribution in [0.25, 0.3) is 22.3 Å². The summed E-state index contributed by atoms with van der Waals surface area (Å²) in [6.07, 6.45) is -5.86. The van der Waals surface area contributed by atoms with Gasteiger partial charge in [0.2, 0.25) is 17.5 Å². The van der Waals surface area contributed by atoms with Gasteiger partial charge in [-0.1, -0.05) is 11.6 Å². The van der Waals surface area contributed by atoms with E-state index in [1.807, 2.05) is 13.8 Å². The first-order chi connectivity index (χ1) is 17.5. The molecule has 198 valence electrons. The average molecular weight is 516 g/mol. The zero-order chi connectivity index (χ0) is 27.0. The van der Waals surface area contributed by atoms with Crippen LogP contribution in [0.15, 0.2) is 51.2 Å². The summed E-state index contributed by atoms with van der Waals surface area (Å²) in [6, 6.07) is 6.65. The van der Waals surface area contributed by atoms with Gasteiger partial charge in [0.1, 0.15) is 52.6 Å². The van der Waals surface area contributed by atoms with Crippen molar-refractivity contribution in [1.29, 1.82) is 0 Å². The molecule has 0 spiro atoms. The molecule has 1 aliphatic rings. The topological polar surface area (TPSA) is 190 Å². The van der Waals surface area contributed by atoms with Crippen molar-refractivity contribution in [2.24, 2.45) is 0 Å². The van der Waals surface area contributed by atoms with Crippen LogP contribution in [0.1, 0.15) is 19.4 Å². The number of hydrogen-bond donors (Lipinski definition) is 7. The fourth-order valence-corrected chi connectivity index (χ4v) is 4.07. The molecule has 11 nitrogen and oxygen atoms in total. The van der Waals surface area contributed by atoms with Gasteiger partial charge < -0.3 is 49.6 Å². The van der Waals surface area contributed by atoms with E-state index in [0.717, 1.165) is 11.6 Å². The van der Waals surface area contributed by atoms with E-state index in [-0.39, 0.29) is 45.8 Å². The van der Waals surface area contributed by atoms with E-state index in [9.17, 15) is 40.5 Å². The molecule has 2 heterocycles. The molecule has 4 rings (SSSR count). The van der Waals surface area contributed by atoms with Crippen molar-refractivity contribution in [3.8, 4) is 34.3 Å². The molecular formula is C26H28O11. The Balaban J connectivity index is 1.91. The van der Waals surface area contributed by atoms with Crippen LogP contribution in [0.2, 0.25) is 0 Å². The maximum Gasteiger partial charge on any atom is 0.238 e. The fourth-order valence-electron chi connectivity index (χ4n) is 4.07. The highest BCUT2D eigenvalue weighted by Gasteiger charge is 2.45. The lowest BCUT2D eigenvalue weighted by Gasteiger charge is -2.39. The second-order valence-corrected chi connectivity index (χ2v) is 9.03. The third kappa shape index (κ3) is 4.99. The predicted octanol–water partition coefficient (Wildman–Crippen LogP) is 1.26. The highest BCUT2D eigenvalue weighted by Crippen LogP contribution is 2.40. The highest BCUT2D eigenvalue weighted by atomic mass is 16.7. The number of phenols is 2. The molecule has 1 fully saturated rings. The van der Waals surface area contributed by atoms with Gasteiger partial charge in [0.25, 0.3) is 0 Å².